The van der Waals surface area contributed by atoms with E-state index in [1.807, 2.05) is 0 Å². The van der Waals surface area contributed by atoms with Crippen molar-refractivity contribution in [3.05, 3.63) is 28.4 Å². The van der Waals surface area contributed by atoms with E-state index in [1.54, 1.807) is 5.32 Å². The standard InChI is InChI=1S/C11H16N4O4S.C8H13F3N2O3/c12-8(11(16)17)4-1-2-7-14-20-10-9(15(18)19)5-3-6-13-10;9-8(10,11)7(16)13-4-2-1-3-5(12)6(14)15/h3,5-6,8,14H,1-2,4,7,12H2,(H,16,17);5H,1-4,12H2,(H,13,16)(H,14,15)/t8-;5-/m00/s1. The highest BCUT2D eigenvalue weighted by atomic mass is 32.2. The van der Waals surface area contributed by atoms with Crippen LogP contribution in [0.5, 0.6) is 0 Å². The van der Waals surface area contributed by atoms with Crippen molar-refractivity contribution < 1.29 is 42.7 Å². The van der Waals surface area contributed by atoms with Crippen LogP contribution >= 0.6 is 11.9 Å². The smallest absolute Gasteiger partial charge is 0.471 e. The van der Waals surface area contributed by atoms with Crippen LogP contribution in [0.15, 0.2) is 23.4 Å². The van der Waals surface area contributed by atoms with Gasteiger partial charge in [-0.25, -0.2) is 4.98 Å². The molecular formula is C19H29F3N6O7S. The Labute approximate surface area is 208 Å². The number of alkyl halides is 3. The predicted octanol–water partition coefficient (Wildman–Crippen LogP) is 1.42. The van der Waals surface area contributed by atoms with Crippen LogP contribution in [0.1, 0.15) is 38.5 Å². The van der Waals surface area contributed by atoms with Gasteiger partial charge in [0.1, 0.15) is 12.1 Å². The predicted molar refractivity (Wildman–Crippen MR) is 123 cm³/mol. The van der Waals surface area contributed by atoms with E-state index >= 15 is 0 Å². The number of carboxylic acids is 2. The van der Waals surface area contributed by atoms with Crippen molar-refractivity contribution in [2.24, 2.45) is 11.5 Å². The summed E-state index contributed by atoms with van der Waals surface area (Å²) in [4.78, 5) is 45.3. The van der Waals surface area contributed by atoms with Gasteiger partial charge in [0.15, 0.2) is 5.03 Å². The number of aromatic nitrogens is 1. The van der Waals surface area contributed by atoms with Crippen LogP contribution in [0.3, 0.4) is 0 Å². The molecule has 1 aromatic rings. The zero-order chi connectivity index (χ0) is 27.7. The fraction of sp³-hybridized carbons (Fsp3) is 0.579. The lowest BCUT2D eigenvalue weighted by atomic mass is 10.1. The average molecular weight is 543 g/mol. The van der Waals surface area contributed by atoms with Crippen molar-refractivity contribution in [2.75, 3.05) is 13.1 Å². The third kappa shape index (κ3) is 15.1. The van der Waals surface area contributed by atoms with Gasteiger partial charge in [-0.3, -0.25) is 29.2 Å². The summed E-state index contributed by atoms with van der Waals surface area (Å²) in [7, 11) is 0. The van der Waals surface area contributed by atoms with E-state index in [4.69, 9.17) is 21.7 Å². The molecule has 2 atom stereocenters. The van der Waals surface area contributed by atoms with Gasteiger partial charge >= 0.3 is 29.7 Å². The number of nitro groups is 1. The summed E-state index contributed by atoms with van der Waals surface area (Å²) >= 11 is 1.09. The first-order chi connectivity index (χ1) is 16.8. The zero-order valence-corrected chi connectivity index (χ0v) is 19.9. The summed E-state index contributed by atoms with van der Waals surface area (Å²) in [5, 5.41) is 29.7. The third-order valence-electron chi connectivity index (χ3n) is 4.28. The molecule has 36 heavy (non-hydrogen) atoms. The Hall–Kier alpha value is -3.02. The molecule has 0 bridgehead atoms. The van der Waals surface area contributed by atoms with Crippen molar-refractivity contribution in [1.82, 2.24) is 15.0 Å². The molecule has 0 spiro atoms. The minimum Gasteiger partial charge on any atom is -0.480 e. The van der Waals surface area contributed by atoms with Crippen LogP contribution in [-0.4, -0.2) is 69.3 Å². The van der Waals surface area contributed by atoms with Gasteiger partial charge in [0, 0.05) is 25.4 Å². The summed E-state index contributed by atoms with van der Waals surface area (Å²) in [6.45, 7) is 0.440. The van der Waals surface area contributed by atoms with Gasteiger partial charge in [0.2, 0.25) is 0 Å². The highest BCUT2D eigenvalue weighted by Gasteiger charge is 2.38. The Morgan fingerprint density at radius 3 is 2.06 bits per heavy atom. The molecule has 204 valence electrons. The van der Waals surface area contributed by atoms with Crippen molar-refractivity contribution in [3.8, 4) is 0 Å². The number of hydrogen-bond donors (Lipinski definition) is 6. The number of pyridine rings is 1. The summed E-state index contributed by atoms with van der Waals surface area (Å²) in [5.41, 5.74) is 10.5. The Morgan fingerprint density at radius 2 is 1.58 bits per heavy atom. The number of carboxylic acid groups (broad SMARTS) is 2. The van der Waals surface area contributed by atoms with E-state index in [9.17, 15) is 37.7 Å². The first kappa shape index (κ1) is 33.0. The van der Waals surface area contributed by atoms with E-state index in [0.29, 0.717) is 30.8 Å². The number of unbranched alkanes of at least 4 members (excludes halogenated alkanes) is 2. The monoisotopic (exact) mass is 542 g/mol. The average Bonchev–Trinajstić information content (AvgIpc) is 2.80. The minimum atomic E-state index is -4.88. The fourth-order valence-corrected chi connectivity index (χ4v) is 3.06. The number of halogens is 3. The summed E-state index contributed by atoms with van der Waals surface area (Å²) < 4.78 is 38.0. The van der Waals surface area contributed by atoms with Crippen molar-refractivity contribution in [2.45, 2.75) is 61.8 Å². The normalized spacial score (nSPS) is 12.6. The second-order valence-electron chi connectivity index (χ2n) is 7.22. The lowest BCUT2D eigenvalue weighted by Gasteiger charge is -2.08. The van der Waals surface area contributed by atoms with Gasteiger partial charge in [-0.1, -0.05) is 6.42 Å². The second kappa shape index (κ2) is 17.4. The number of rotatable bonds is 15. The van der Waals surface area contributed by atoms with Crippen LogP contribution in [-0.2, 0) is 14.4 Å². The topological polar surface area (TPSA) is 224 Å². The molecular weight excluding hydrogens is 513 g/mol. The SMILES string of the molecule is N[C@@H](CCCCNC(=O)C(F)(F)F)C(=O)O.N[C@@H](CCCCNSc1ncccc1[N+](=O)[O-])C(=O)O. The Bertz CT molecular complexity index is 863. The van der Waals surface area contributed by atoms with Crippen LogP contribution in [0.25, 0.3) is 0 Å². The van der Waals surface area contributed by atoms with Crippen LogP contribution < -0.4 is 21.5 Å². The molecule has 0 saturated carbocycles. The summed E-state index contributed by atoms with van der Waals surface area (Å²) in [6, 6.07) is 1.05. The Balaban J connectivity index is 0.000000700. The summed E-state index contributed by atoms with van der Waals surface area (Å²) in [5.74, 6) is -4.15. The zero-order valence-electron chi connectivity index (χ0n) is 19.1. The molecule has 1 aromatic heterocycles. The Morgan fingerprint density at radius 1 is 1.06 bits per heavy atom. The molecule has 0 aromatic carbocycles. The number of nitrogens with zero attached hydrogens (tertiary/aromatic N) is 2. The van der Waals surface area contributed by atoms with E-state index in [-0.39, 0.29) is 25.1 Å². The fourth-order valence-electron chi connectivity index (χ4n) is 2.32. The number of carbonyl (C=O) groups excluding carboxylic acids is 1. The van der Waals surface area contributed by atoms with Crippen LogP contribution in [0.4, 0.5) is 18.9 Å². The highest BCUT2D eigenvalue weighted by Crippen LogP contribution is 2.23. The molecule has 0 saturated heterocycles. The lowest BCUT2D eigenvalue weighted by molar-refractivity contribution is -0.388. The number of hydrogen-bond acceptors (Lipinski definition) is 10. The molecule has 1 heterocycles. The van der Waals surface area contributed by atoms with Crippen LogP contribution in [0, 0.1) is 10.1 Å². The molecule has 1 rings (SSSR count). The maximum Gasteiger partial charge on any atom is 0.471 e. The molecule has 0 aliphatic rings. The van der Waals surface area contributed by atoms with E-state index in [1.165, 1.54) is 18.3 Å². The molecule has 13 nitrogen and oxygen atoms in total. The van der Waals surface area contributed by atoms with E-state index in [0.717, 1.165) is 18.4 Å². The third-order valence-corrected chi connectivity index (χ3v) is 5.14. The van der Waals surface area contributed by atoms with Gasteiger partial charge in [-0.2, -0.15) is 13.2 Å². The molecule has 8 N–H and O–H groups in total. The van der Waals surface area contributed by atoms with Gasteiger partial charge < -0.3 is 27.0 Å². The number of aliphatic carboxylic acids is 2. The molecule has 17 heteroatoms. The van der Waals surface area contributed by atoms with Crippen molar-refractivity contribution >= 4 is 35.5 Å². The minimum absolute atomic E-state index is 0.0436. The Kier molecular flexibility index (Phi) is 16.0. The molecule has 0 fully saturated rings. The first-order valence-corrected chi connectivity index (χ1v) is 11.4. The van der Waals surface area contributed by atoms with E-state index < -0.39 is 41.0 Å². The second-order valence-corrected chi connectivity index (χ2v) is 8.10. The molecule has 0 radical (unpaired) electrons. The number of amides is 1. The van der Waals surface area contributed by atoms with Gasteiger partial charge in [0.05, 0.1) is 4.92 Å². The van der Waals surface area contributed by atoms with Gasteiger partial charge in [-0.15, -0.1) is 0 Å². The largest absolute Gasteiger partial charge is 0.480 e. The molecule has 0 aliphatic heterocycles. The quantitative estimate of drug-likeness (QED) is 0.0801. The number of nitrogens with one attached hydrogen (secondary N) is 2. The molecule has 0 unspecified atom stereocenters. The van der Waals surface area contributed by atoms with Crippen molar-refractivity contribution in [1.29, 1.82) is 0 Å². The molecule has 1 amide bonds. The first-order valence-electron chi connectivity index (χ1n) is 10.6. The lowest BCUT2D eigenvalue weighted by Crippen LogP contribution is -2.37. The molecule has 0 aliphatic carbocycles. The van der Waals surface area contributed by atoms with Crippen LogP contribution in [0.2, 0.25) is 0 Å². The van der Waals surface area contributed by atoms with E-state index in [2.05, 4.69) is 9.71 Å². The summed E-state index contributed by atoms with van der Waals surface area (Å²) in [6.07, 6.45) is -0.822. The van der Waals surface area contributed by atoms with Gasteiger partial charge in [0.25, 0.3) is 0 Å². The maximum absolute atomic E-state index is 11.7. The number of carbonyl (C=O) groups is 3. The number of nitrogens with two attached hydrogens (primary N) is 2. The van der Waals surface area contributed by atoms with Crippen molar-refractivity contribution in [3.63, 3.8) is 0 Å². The van der Waals surface area contributed by atoms with Gasteiger partial charge in [-0.05, 0) is 50.1 Å². The highest BCUT2D eigenvalue weighted by molar-refractivity contribution is 7.97. The maximum atomic E-state index is 11.7.